The lowest BCUT2D eigenvalue weighted by Gasteiger charge is -2.37. The first-order valence-corrected chi connectivity index (χ1v) is 4.38. The Balaban J connectivity index is 2.84. The van der Waals surface area contributed by atoms with E-state index in [1.165, 1.54) is 12.8 Å². The normalized spacial score (nSPS) is 36.3. The summed E-state index contributed by atoms with van der Waals surface area (Å²) in [5, 5.41) is 0. The molecule has 0 nitrogen and oxygen atoms in total. The molecule has 1 atom stereocenters. The molecule has 1 saturated carbocycles. The van der Waals surface area contributed by atoms with Crippen LogP contribution in [0, 0.1) is 16.7 Å². The molecule has 0 bridgehead atoms. The highest BCUT2D eigenvalue weighted by atomic mass is 14.5. The Morgan fingerprint density at radius 3 is 1.70 bits per heavy atom. The van der Waals surface area contributed by atoms with Crippen molar-refractivity contribution in [3.8, 4) is 0 Å². The first kappa shape index (κ1) is 8.10. The minimum absolute atomic E-state index is 0.549. The molecule has 0 heteroatoms. The molecule has 10 heavy (non-hydrogen) atoms. The summed E-state index contributed by atoms with van der Waals surface area (Å²) in [6, 6.07) is 0. The quantitative estimate of drug-likeness (QED) is 0.483. The van der Waals surface area contributed by atoms with Crippen LogP contribution in [0.3, 0.4) is 0 Å². The SMILES string of the molecule is C[C@@H]1CCC(C)(C)C1(C)C. The lowest BCUT2D eigenvalue weighted by molar-refractivity contribution is 0.116. The van der Waals surface area contributed by atoms with Gasteiger partial charge in [-0.2, -0.15) is 0 Å². The summed E-state index contributed by atoms with van der Waals surface area (Å²) in [6.07, 6.45) is 2.82. The third-order valence-electron chi connectivity index (χ3n) is 4.18. The Labute approximate surface area is 65.0 Å². The van der Waals surface area contributed by atoms with Crippen molar-refractivity contribution in [2.24, 2.45) is 16.7 Å². The molecular formula is C10H20. The average Bonchev–Trinajstić information content (AvgIpc) is 1.94. The Kier molecular flexibility index (Phi) is 1.61. The fraction of sp³-hybridized carbons (Fsp3) is 1.00. The van der Waals surface area contributed by atoms with Crippen molar-refractivity contribution in [2.45, 2.75) is 47.5 Å². The standard InChI is InChI=1S/C10H20/c1-8-6-7-9(2,3)10(8,4)5/h8H,6-7H2,1-5H3/t8-/m1/s1. The highest BCUT2D eigenvalue weighted by Crippen LogP contribution is 2.55. The van der Waals surface area contributed by atoms with Gasteiger partial charge in [0.1, 0.15) is 0 Å². The molecule has 1 aliphatic rings. The van der Waals surface area contributed by atoms with E-state index in [-0.39, 0.29) is 0 Å². The van der Waals surface area contributed by atoms with Crippen molar-refractivity contribution < 1.29 is 0 Å². The zero-order valence-electron chi connectivity index (χ0n) is 7.99. The van der Waals surface area contributed by atoms with Crippen LogP contribution in [-0.2, 0) is 0 Å². The fourth-order valence-electron chi connectivity index (χ4n) is 1.93. The van der Waals surface area contributed by atoms with Crippen LogP contribution in [0.2, 0.25) is 0 Å². The van der Waals surface area contributed by atoms with Crippen LogP contribution in [-0.4, -0.2) is 0 Å². The largest absolute Gasteiger partial charge is 0.0620 e. The summed E-state index contributed by atoms with van der Waals surface area (Å²) < 4.78 is 0. The molecule has 0 radical (unpaired) electrons. The topological polar surface area (TPSA) is 0 Å². The van der Waals surface area contributed by atoms with Crippen molar-refractivity contribution in [3.63, 3.8) is 0 Å². The third kappa shape index (κ3) is 0.889. The highest BCUT2D eigenvalue weighted by Gasteiger charge is 2.45. The van der Waals surface area contributed by atoms with Crippen LogP contribution in [0.25, 0.3) is 0 Å². The van der Waals surface area contributed by atoms with Gasteiger partial charge in [-0.3, -0.25) is 0 Å². The predicted molar refractivity (Wildman–Crippen MR) is 46.0 cm³/mol. The van der Waals surface area contributed by atoms with Gasteiger partial charge in [0.25, 0.3) is 0 Å². The van der Waals surface area contributed by atoms with E-state index in [4.69, 9.17) is 0 Å². The second-order valence-electron chi connectivity index (χ2n) is 5.05. The maximum absolute atomic E-state index is 2.41. The maximum atomic E-state index is 2.41. The minimum Gasteiger partial charge on any atom is -0.0620 e. The van der Waals surface area contributed by atoms with E-state index in [0.717, 1.165) is 5.92 Å². The monoisotopic (exact) mass is 140 g/mol. The molecule has 60 valence electrons. The van der Waals surface area contributed by atoms with E-state index in [1.807, 2.05) is 0 Å². The predicted octanol–water partition coefficient (Wildman–Crippen LogP) is 3.47. The van der Waals surface area contributed by atoms with Crippen molar-refractivity contribution >= 4 is 0 Å². The minimum atomic E-state index is 0.549. The Morgan fingerprint density at radius 1 is 1.10 bits per heavy atom. The fourth-order valence-corrected chi connectivity index (χ4v) is 1.93. The van der Waals surface area contributed by atoms with Crippen LogP contribution in [0.5, 0.6) is 0 Å². The molecule has 0 aromatic heterocycles. The van der Waals surface area contributed by atoms with Gasteiger partial charge in [-0.1, -0.05) is 34.6 Å². The average molecular weight is 140 g/mol. The van der Waals surface area contributed by atoms with Crippen molar-refractivity contribution in [2.75, 3.05) is 0 Å². The van der Waals surface area contributed by atoms with Gasteiger partial charge in [0.05, 0.1) is 0 Å². The summed E-state index contributed by atoms with van der Waals surface area (Å²) in [4.78, 5) is 0. The Hall–Kier alpha value is 0. The first-order valence-electron chi connectivity index (χ1n) is 4.38. The number of hydrogen-bond acceptors (Lipinski definition) is 0. The Bertz CT molecular complexity index is 131. The second kappa shape index (κ2) is 1.99. The zero-order chi connectivity index (χ0) is 7.99. The molecule has 0 aliphatic heterocycles. The summed E-state index contributed by atoms with van der Waals surface area (Å²) >= 11 is 0. The van der Waals surface area contributed by atoms with E-state index in [1.54, 1.807) is 0 Å². The van der Waals surface area contributed by atoms with Crippen LogP contribution >= 0.6 is 0 Å². The van der Waals surface area contributed by atoms with E-state index < -0.39 is 0 Å². The summed E-state index contributed by atoms with van der Waals surface area (Å²) in [5.41, 5.74) is 1.11. The first-order chi connectivity index (χ1) is 4.38. The second-order valence-corrected chi connectivity index (χ2v) is 5.05. The molecular weight excluding hydrogens is 120 g/mol. The molecule has 1 fully saturated rings. The van der Waals surface area contributed by atoms with Crippen LogP contribution < -0.4 is 0 Å². The maximum Gasteiger partial charge on any atom is -0.0277 e. The van der Waals surface area contributed by atoms with Crippen LogP contribution in [0.4, 0.5) is 0 Å². The Morgan fingerprint density at radius 2 is 1.60 bits per heavy atom. The van der Waals surface area contributed by atoms with Crippen molar-refractivity contribution in [1.82, 2.24) is 0 Å². The highest BCUT2D eigenvalue weighted by molar-refractivity contribution is 4.95. The van der Waals surface area contributed by atoms with Crippen molar-refractivity contribution in [3.05, 3.63) is 0 Å². The molecule has 0 unspecified atom stereocenters. The van der Waals surface area contributed by atoms with E-state index in [0.29, 0.717) is 10.8 Å². The van der Waals surface area contributed by atoms with Gasteiger partial charge in [-0.25, -0.2) is 0 Å². The van der Waals surface area contributed by atoms with Gasteiger partial charge in [0.2, 0.25) is 0 Å². The van der Waals surface area contributed by atoms with E-state index in [2.05, 4.69) is 34.6 Å². The van der Waals surface area contributed by atoms with Crippen molar-refractivity contribution in [1.29, 1.82) is 0 Å². The molecule has 0 saturated heterocycles. The number of rotatable bonds is 0. The van der Waals surface area contributed by atoms with Crippen LogP contribution in [0.1, 0.15) is 47.5 Å². The molecule has 0 amide bonds. The molecule has 1 aliphatic carbocycles. The number of hydrogen-bond donors (Lipinski definition) is 0. The van der Waals surface area contributed by atoms with Gasteiger partial charge in [-0.05, 0) is 29.6 Å². The lowest BCUT2D eigenvalue weighted by atomic mass is 9.67. The van der Waals surface area contributed by atoms with Gasteiger partial charge in [0.15, 0.2) is 0 Å². The van der Waals surface area contributed by atoms with Gasteiger partial charge in [-0.15, -0.1) is 0 Å². The molecule has 0 N–H and O–H groups in total. The summed E-state index contributed by atoms with van der Waals surface area (Å²) in [7, 11) is 0. The smallest absolute Gasteiger partial charge is 0.0277 e. The van der Waals surface area contributed by atoms with E-state index in [9.17, 15) is 0 Å². The van der Waals surface area contributed by atoms with Crippen LogP contribution in [0.15, 0.2) is 0 Å². The molecule has 0 aromatic carbocycles. The van der Waals surface area contributed by atoms with Gasteiger partial charge < -0.3 is 0 Å². The zero-order valence-corrected chi connectivity index (χ0v) is 7.99. The van der Waals surface area contributed by atoms with Gasteiger partial charge >= 0.3 is 0 Å². The molecule has 1 rings (SSSR count). The summed E-state index contributed by atoms with van der Waals surface area (Å²) in [6.45, 7) is 12.0. The third-order valence-corrected chi connectivity index (χ3v) is 4.18. The lowest BCUT2D eigenvalue weighted by Crippen LogP contribution is -2.30. The molecule has 0 spiro atoms. The summed E-state index contributed by atoms with van der Waals surface area (Å²) in [5.74, 6) is 0.905. The van der Waals surface area contributed by atoms with E-state index >= 15 is 0 Å². The molecule has 0 aromatic rings. The van der Waals surface area contributed by atoms with Gasteiger partial charge in [0, 0.05) is 0 Å². The molecule has 0 heterocycles.